The summed E-state index contributed by atoms with van der Waals surface area (Å²) in [5.41, 5.74) is 0.441. The summed E-state index contributed by atoms with van der Waals surface area (Å²) < 4.78 is 5.43. The van der Waals surface area contributed by atoms with Crippen LogP contribution in [0.3, 0.4) is 0 Å². The lowest BCUT2D eigenvalue weighted by Crippen LogP contribution is -2.53. The number of carbonyl (C=O) groups excluding carboxylic acids is 2. The summed E-state index contributed by atoms with van der Waals surface area (Å²) in [7, 11) is 1.40. The van der Waals surface area contributed by atoms with E-state index in [4.69, 9.17) is 17.0 Å². The highest BCUT2D eigenvalue weighted by Gasteiger charge is 2.32. The molecule has 0 aromatic heterocycles. The van der Waals surface area contributed by atoms with Gasteiger partial charge in [-0.15, -0.1) is 6.58 Å². The minimum Gasteiger partial charge on any atom is -0.503 e. The van der Waals surface area contributed by atoms with Crippen LogP contribution < -0.4 is 10.1 Å². The number of phenols is 1. The fourth-order valence-corrected chi connectivity index (χ4v) is 2.70. The summed E-state index contributed by atoms with van der Waals surface area (Å²) in [6, 6.07) is 3.08. The number of nitrogens with zero attached hydrogens (tertiary/aromatic N) is 1. The Morgan fingerprint density at radius 2 is 2.17 bits per heavy atom. The van der Waals surface area contributed by atoms with Crippen LogP contribution in [0, 0.1) is 0 Å². The predicted octanol–water partition coefficient (Wildman–Crippen LogP) is 1.98. The Balaban J connectivity index is 2.46. The Bertz CT molecular complexity index is 745. The monoisotopic (exact) mass is 396 g/mol. The first-order valence-electron chi connectivity index (χ1n) is 6.45. The van der Waals surface area contributed by atoms with Crippen molar-refractivity contribution in [3.63, 3.8) is 0 Å². The van der Waals surface area contributed by atoms with Crippen LogP contribution in [0.25, 0.3) is 6.08 Å². The Labute approximate surface area is 146 Å². The molecular formula is C15H13BrN2O4S. The number of ether oxygens (including phenoxy) is 1. The highest BCUT2D eigenvalue weighted by Crippen LogP contribution is 2.36. The number of hydrogen-bond donors (Lipinski definition) is 2. The molecule has 8 heteroatoms. The largest absolute Gasteiger partial charge is 0.503 e. The van der Waals surface area contributed by atoms with Gasteiger partial charge < -0.3 is 9.84 Å². The fourth-order valence-electron chi connectivity index (χ4n) is 1.99. The van der Waals surface area contributed by atoms with Crippen molar-refractivity contribution in [1.29, 1.82) is 0 Å². The summed E-state index contributed by atoms with van der Waals surface area (Å²) in [5, 5.41) is 12.3. The van der Waals surface area contributed by atoms with Crippen LogP contribution in [0.1, 0.15) is 5.56 Å². The van der Waals surface area contributed by atoms with E-state index in [1.54, 1.807) is 6.07 Å². The molecule has 120 valence electrons. The van der Waals surface area contributed by atoms with Gasteiger partial charge >= 0.3 is 0 Å². The normalized spacial score (nSPS) is 16.5. The van der Waals surface area contributed by atoms with Crippen LogP contribution in [0.15, 0.2) is 34.8 Å². The topological polar surface area (TPSA) is 78.9 Å². The summed E-state index contributed by atoms with van der Waals surface area (Å²) in [6.07, 6.45) is 2.92. The van der Waals surface area contributed by atoms with Gasteiger partial charge in [0.2, 0.25) is 0 Å². The quantitative estimate of drug-likeness (QED) is 0.352. The second-order valence-electron chi connectivity index (χ2n) is 4.58. The molecule has 0 unspecified atom stereocenters. The van der Waals surface area contributed by atoms with Crippen LogP contribution in [-0.4, -0.2) is 40.6 Å². The number of methoxy groups -OCH3 is 1. The number of aromatic hydroxyl groups is 1. The molecule has 23 heavy (non-hydrogen) atoms. The number of halogens is 1. The van der Waals surface area contributed by atoms with Gasteiger partial charge in [0.15, 0.2) is 16.6 Å². The van der Waals surface area contributed by atoms with E-state index in [0.29, 0.717) is 10.0 Å². The van der Waals surface area contributed by atoms with Crippen molar-refractivity contribution in [3.8, 4) is 11.5 Å². The van der Waals surface area contributed by atoms with Crippen molar-refractivity contribution in [2.75, 3.05) is 13.7 Å². The second kappa shape index (κ2) is 6.93. The number of rotatable bonds is 4. The smallest absolute Gasteiger partial charge is 0.265 e. The minimum atomic E-state index is -0.580. The molecular weight excluding hydrogens is 384 g/mol. The highest BCUT2D eigenvalue weighted by molar-refractivity contribution is 9.10. The Kier molecular flexibility index (Phi) is 5.17. The highest BCUT2D eigenvalue weighted by atomic mass is 79.9. The number of amides is 2. The zero-order valence-electron chi connectivity index (χ0n) is 12.1. The molecule has 1 aromatic rings. The number of thiocarbonyl (C=S) groups is 1. The Hall–Kier alpha value is -2.19. The molecule has 2 amide bonds. The van der Waals surface area contributed by atoms with Gasteiger partial charge in [-0.3, -0.25) is 19.8 Å². The van der Waals surface area contributed by atoms with E-state index >= 15 is 0 Å². The molecule has 0 saturated carbocycles. The molecule has 1 heterocycles. The zero-order valence-corrected chi connectivity index (χ0v) is 14.5. The van der Waals surface area contributed by atoms with E-state index in [-0.39, 0.29) is 28.7 Å². The molecule has 0 radical (unpaired) electrons. The van der Waals surface area contributed by atoms with Gasteiger partial charge in [0.1, 0.15) is 5.57 Å². The number of nitrogens with one attached hydrogen (secondary N) is 1. The number of phenolic OH excluding ortho intramolecular Hbond substituents is 1. The predicted molar refractivity (Wildman–Crippen MR) is 93.0 cm³/mol. The third kappa shape index (κ3) is 3.43. The van der Waals surface area contributed by atoms with Crippen molar-refractivity contribution in [3.05, 3.63) is 40.4 Å². The van der Waals surface area contributed by atoms with E-state index in [2.05, 4.69) is 27.8 Å². The summed E-state index contributed by atoms with van der Waals surface area (Å²) in [5.74, 6) is -0.942. The second-order valence-corrected chi connectivity index (χ2v) is 5.82. The molecule has 1 saturated heterocycles. The SMILES string of the molecule is C=CCN1C(=O)/C(=C\c2cc(Br)c(O)c(OC)c2)C(=O)NC1=S. The lowest BCUT2D eigenvalue weighted by atomic mass is 10.1. The van der Waals surface area contributed by atoms with Crippen molar-refractivity contribution in [1.82, 2.24) is 10.2 Å². The summed E-state index contributed by atoms with van der Waals surface area (Å²) >= 11 is 8.17. The molecule has 0 spiro atoms. The van der Waals surface area contributed by atoms with Crippen molar-refractivity contribution in [2.24, 2.45) is 0 Å². The van der Waals surface area contributed by atoms with Crippen LogP contribution in [0.2, 0.25) is 0 Å². The molecule has 0 atom stereocenters. The number of carbonyl (C=O) groups is 2. The van der Waals surface area contributed by atoms with Crippen molar-refractivity contribution in [2.45, 2.75) is 0 Å². The van der Waals surface area contributed by atoms with Gasteiger partial charge in [-0.1, -0.05) is 6.08 Å². The van der Waals surface area contributed by atoms with Gasteiger partial charge in [-0.2, -0.15) is 0 Å². The van der Waals surface area contributed by atoms with Gasteiger partial charge in [0.25, 0.3) is 11.8 Å². The van der Waals surface area contributed by atoms with Crippen molar-refractivity contribution < 1.29 is 19.4 Å². The molecule has 1 aliphatic heterocycles. The Morgan fingerprint density at radius 1 is 1.48 bits per heavy atom. The van der Waals surface area contributed by atoms with Crippen molar-refractivity contribution >= 4 is 51.2 Å². The maximum absolute atomic E-state index is 12.4. The van der Waals surface area contributed by atoms with E-state index < -0.39 is 11.8 Å². The molecule has 1 aliphatic rings. The Morgan fingerprint density at radius 3 is 2.78 bits per heavy atom. The lowest BCUT2D eigenvalue weighted by Gasteiger charge is -2.27. The first-order chi connectivity index (χ1) is 10.9. The van der Waals surface area contributed by atoms with E-state index in [9.17, 15) is 14.7 Å². The standard InChI is InChI=1S/C15H13BrN2O4S/c1-3-4-18-14(21)9(13(20)17-15(18)23)5-8-6-10(16)12(19)11(7-8)22-2/h3,5-7,19H,1,4H2,2H3,(H,17,20,23)/b9-5-. The molecule has 1 fully saturated rings. The zero-order chi connectivity index (χ0) is 17.1. The van der Waals surface area contributed by atoms with Gasteiger partial charge in [-0.05, 0) is 51.9 Å². The average molecular weight is 397 g/mol. The molecule has 1 aromatic carbocycles. The first-order valence-corrected chi connectivity index (χ1v) is 7.65. The van der Waals surface area contributed by atoms with Crippen LogP contribution in [0.4, 0.5) is 0 Å². The van der Waals surface area contributed by atoms with E-state index in [1.165, 1.54) is 30.2 Å². The van der Waals surface area contributed by atoms with Crippen LogP contribution >= 0.6 is 28.1 Å². The first kappa shape index (κ1) is 17.2. The average Bonchev–Trinajstić information content (AvgIpc) is 2.51. The number of hydrogen-bond acceptors (Lipinski definition) is 5. The van der Waals surface area contributed by atoms with Crippen LogP contribution in [0.5, 0.6) is 11.5 Å². The molecule has 6 nitrogen and oxygen atoms in total. The van der Waals surface area contributed by atoms with E-state index in [0.717, 1.165) is 0 Å². The van der Waals surface area contributed by atoms with E-state index in [1.807, 2.05) is 0 Å². The molecule has 2 rings (SSSR count). The lowest BCUT2D eigenvalue weighted by molar-refractivity contribution is -0.128. The maximum atomic E-state index is 12.4. The summed E-state index contributed by atoms with van der Waals surface area (Å²) in [4.78, 5) is 25.7. The molecule has 0 bridgehead atoms. The maximum Gasteiger partial charge on any atom is 0.265 e. The third-order valence-electron chi connectivity index (χ3n) is 3.08. The molecule has 2 N–H and O–H groups in total. The summed E-state index contributed by atoms with van der Waals surface area (Å²) in [6.45, 7) is 3.75. The molecule has 0 aliphatic carbocycles. The number of benzene rings is 1. The van der Waals surface area contributed by atoms with Gasteiger partial charge in [0.05, 0.1) is 11.6 Å². The van der Waals surface area contributed by atoms with Gasteiger partial charge in [0, 0.05) is 6.54 Å². The fraction of sp³-hybridized carbons (Fsp3) is 0.133. The van der Waals surface area contributed by atoms with Gasteiger partial charge in [-0.25, -0.2) is 0 Å². The minimum absolute atomic E-state index is 0.0431. The van der Waals surface area contributed by atoms with Crippen LogP contribution in [-0.2, 0) is 9.59 Å². The third-order valence-corrected chi connectivity index (χ3v) is 4.01.